The van der Waals surface area contributed by atoms with Crippen molar-refractivity contribution in [1.82, 2.24) is 9.97 Å². The van der Waals surface area contributed by atoms with Crippen LogP contribution in [0.15, 0.2) is 60.9 Å². The van der Waals surface area contributed by atoms with Crippen LogP contribution in [0.3, 0.4) is 0 Å². The number of hydrogen-bond acceptors (Lipinski definition) is 5. The molecule has 0 aliphatic heterocycles. The van der Waals surface area contributed by atoms with Crippen molar-refractivity contribution in [3.05, 3.63) is 72.1 Å². The van der Waals surface area contributed by atoms with Crippen molar-refractivity contribution in [3.8, 4) is 22.9 Å². The number of aromatic nitrogens is 2. The first-order valence-corrected chi connectivity index (χ1v) is 15.6. The van der Waals surface area contributed by atoms with Crippen LogP contribution in [0.4, 0.5) is 4.39 Å². The number of carbonyl (C=O) groups excluding carboxylic acids is 1. The first-order chi connectivity index (χ1) is 20.1. The van der Waals surface area contributed by atoms with Crippen LogP contribution in [-0.2, 0) is 6.42 Å². The molecule has 2 aromatic carbocycles. The highest BCUT2D eigenvalue weighted by atomic mass is 19.1. The van der Waals surface area contributed by atoms with Crippen LogP contribution in [-0.4, -0.2) is 28.7 Å². The van der Waals surface area contributed by atoms with Crippen LogP contribution in [0.25, 0.3) is 11.4 Å². The number of unbranched alkanes of at least 4 members (excludes halogenated alkanes) is 10. The Hall–Kier alpha value is -3.28. The van der Waals surface area contributed by atoms with Crippen molar-refractivity contribution in [2.75, 3.05) is 6.61 Å². The van der Waals surface area contributed by atoms with Gasteiger partial charge in [-0.2, -0.15) is 0 Å². The second kappa shape index (κ2) is 19.0. The fourth-order valence-corrected chi connectivity index (χ4v) is 4.68. The summed E-state index contributed by atoms with van der Waals surface area (Å²) < 4.78 is 25.1. The summed E-state index contributed by atoms with van der Waals surface area (Å²) in [4.78, 5) is 21.7. The van der Waals surface area contributed by atoms with E-state index in [1.807, 2.05) is 24.5 Å². The van der Waals surface area contributed by atoms with Crippen molar-refractivity contribution in [2.45, 2.75) is 110 Å². The second-order valence-electron chi connectivity index (χ2n) is 10.8. The highest BCUT2D eigenvalue weighted by Crippen LogP contribution is 2.22. The number of carbonyl (C=O) groups is 1. The molecule has 0 spiro atoms. The van der Waals surface area contributed by atoms with Crippen LogP contribution >= 0.6 is 0 Å². The predicted molar refractivity (Wildman–Crippen MR) is 164 cm³/mol. The minimum Gasteiger partial charge on any atom is -0.491 e. The number of ether oxygens (including phenoxy) is 2. The largest absolute Gasteiger partial charge is 0.491 e. The molecule has 41 heavy (non-hydrogen) atoms. The Morgan fingerprint density at radius 2 is 1.29 bits per heavy atom. The highest BCUT2D eigenvalue weighted by molar-refractivity contribution is 5.91. The van der Waals surface area contributed by atoms with E-state index in [1.165, 1.54) is 51.4 Å². The number of alkyl halides is 1. The Morgan fingerprint density at radius 1 is 0.732 bits per heavy atom. The van der Waals surface area contributed by atoms with Gasteiger partial charge in [-0.3, -0.25) is 0 Å². The van der Waals surface area contributed by atoms with Crippen molar-refractivity contribution >= 4 is 5.97 Å². The zero-order valence-corrected chi connectivity index (χ0v) is 25.0. The van der Waals surface area contributed by atoms with Crippen molar-refractivity contribution in [1.29, 1.82) is 0 Å². The van der Waals surface area contributed by atoms with Crippen molar-refractivity contribution in [2.24, 2.45) is 0 Å². The molecule has 1 aromatic heterocycles. The Morgan fingerprint density at radius 3 is 1.93 bits per heavy atom. The first kappa shape index (κ1) is 32.2. The van der Waals surface area contributed by atoms with Gasteiger partial charge in [0.05, 0.1) is 5.56 Å². The zero-order chi connectivity index (χ0) is 29.1. The molecule has 1 heterocycles. The van der Waals surface area contributed by atoms with Crippen LogP contribution in [0, 0.1) is 0 Å². The normalized spacial score (nSPS) is 11.8. The number of rotatable bonds is 20. The van der Waals surface area contributed by atoms with Crippen LogP contribution in [0.2, 0.25) is 0 Å². The molecule has 6 heteroatoms. The van der Waals surface area contributed by atoms with Gasteiger partial charge in [0.1, 0.15) is 24.3 Å². The molecule has 1 unspecified atom stereocenters. The summed E-state index contributed by atoms with van der Waals surface area (Å²) in [5.74, 6) is 1.15. The van der Waals surface area contributed by atoms with Crippen LogP contribution in [0.1, 0.15) is 113 Å². The minimum absolute atomic E-state index is 0.0218. The number of benzene rings is 2. The molecule has 0 bridgehead atoms. The maximum absolute atomic E-state index is 14.0. The van der Waals surface area contributed by atoms with Crippen molar-refractivity contribution < 1.29 is 18.7 Å². The standard InChI is InChI=1S/C35H47FN2O3/c1-3-5-7-9-10-11-12-13-15-28-25-37-34(38-26-28)29-17-23-33(24-18-29)41-35(39)30-19-21-32(22-20-30)40-27-31(36)16-14-8-6-4-2/h17-26,31H,3-16,27H2,1-2H3. The third kappa shape index (κ3) is 12.4. The molecular formula is C35H47FN2O3. The number of nitrogens with zero attached hydrogens (tertiary/aromatic N) is 2. The van der Waals surface area contributed by atoms with Crippen molar-refractivity contribution in [3.63, 3.8) is 0 Å². The summed E-state index contributed by atoms with van der Waals surface area (Å²) >= 11 is 0. The fourth-order valence-electron chi connectivity index (χ4n) is 4.68. The average Bonchev–Trinajstić information content (AvgIpc) is 3.00. The van der Waals surface area contributed by atoms with E-state index in [0.717, 1.165) is 43.2 Å². The Balaban J connectivity index is 1.39. The molecule has 0 amide bonds. The molecule has 0 fully saturated rings. The molecule has 0 radical (unpaired) electrons. The van der Waals surface area contributed by atoms with Crippen LogP contribution < -0.4 is 9.47 Å². The lowest BCUT2D eigenvalue weighted by molar-refractivity contribution is 0.0734. The Bertz CT molecular complexity index is 1120. The molecule has 0 N–H and O–H groups in total. The molecule has 0 aliphatic carbocycles. The molecule has 0 saturated heterocycles. The molecule has 5 nitrogen and oxygen atoms in total. The smallest absolute Gasteiger partial charge is 0.343 e. The lowest BCUT2D eigenvalue weighted by atomic mass is 10.1. The summed E-state index contributed by atoms with van der Waals surface area (Å²) in [6, 6.07) is 13.8. The van der Waals surface area contributed by atoms with E-state index in [-0.39, 0.29) is 6.61 Å². The van der Waals surface area contributed by atoms with Gasteiger partial charge in [0.15, 0.2) is 5.82 Å². The van der Waals surface area contributed by atoms with Gasteiger partial charge < -0.3 is 9.47 Å². The van der Waals surface area contributed by atoms with E-state index >= 15 is 0 Å². The maximum atomic E-state index is 14.0. The van der Waals surface area contributed by atoms with Gasteiger partial charge >= 0.3 is 5.97 Å². The molecule has 222 valence electrons. The molecule has 0 saturated carbocycles. The zero-order valence-electron chi connectivity index (χ0n) is 25.0. The second-order valence-corrected chi connectivity index (χ2v) is 10.8. The first-order valence-electron chi connectivity index (χ1n) is 15.6. The average molecular weight is 563 g/mol. The van der Waals surface area contributed by atoms with Gasteiger partial charge in [0, 0.05) is 18.0 Å². The SMILES string of the molecule is CCCCCCCCCCc1cnc(-c2ccc(OC(=O)c3ccc(OCC(F)CCCCCC)cc3)cc2)nc1. The molecule has 3 aromatic rings. The number of aryl methyl sites for hydroxylation is 1. The third-order valence-corrected chi connectivity index (χ3v) is 7.24. The third-order valence-electron chi connectivity index (χ3n) is 7.24. The van der Waals surface area contributed by atoms with Gasteiger partial charge in [0.25, 0.3) is 0 Å². The topological polar surface area (TPSA) is 61.3 Å². The number of halogens is 1. The highest BCUT2D eigenvalue weighted by Gasteiger charge is 2.11. The molecule has 0 aliphatic rings. The summed E-state index contributed by atoms with van der Waals surface area (Å²) in [6.45, 7) is 4.41. The van der Waals surface area contributed by atoms with Gasteiger partial charge in [0.2, 0.25) is 0 Å². The predicted octanol–water partition coefficient (Wildman–Crippen LogP) is 9.73. The maximum Gasteiger partial charge on any atom is 0.343 e. The van der Waals surface area contributed by atoms with E-state index in [1.54, 1.807) is 36.4 Å². The Kier molecular flexibility index (Phi) is 14.9. The van der Waals surface area contributed by atoms with E-state index in [2.05, 4.69) is 23.8 Å². The fraction of sp³-hybridized carbons (Fsp3) is 0.514. The van der Waals surface area contributed by atoms with Gasteiger partial charge in [-0.1, -0.05) is 84.5 Å². The van der Waals surface area contributed by atoms with Crippen LogP contribution in [0.5, 0.6) is 11.5 Å². The lowest BCUT2D eigenvalue weighted by Gasteiger charge is -2.11. The molecule has 3 rings (SSSR count). The van der Waals surface area contributed by atoms with E-state index in [4.69, 9.17) is 9.47 Å². The van der Waals surface area contributed by atoms with E-state index in [0.29, 0.717) is 29.3 Å². The quantitative estimate of drug-likeness (QED) is 0.0779. The monoisotopic (exact) mass is 562 g/mol. The lowest BCUT2D eigenvalue weighted by Crippen LogP contribution is -2.13. The van der Waals surface area contributed by atoms with Gasteiger partial charge in [-0.25, -0.2) is 19.2 Å². The summed E-state index contributed by atoms with van der Waals surface area (Å²) in [5.41, 5.74) is 2.42. The summed E-state index contributed by atoms with van der Waals surface area (Å²) in [7, 11) is 0. The van der Waals surface area contributed by atoms with E-state index < -0.39 is 12.1 Å². The van der Waals surface area contributed by atoms with E-state index in [9.17, 15) is 9.18 Å². The summed E-state index contributed by atoms with van der Waals surface area (Å²) in [5, 5.41) is 0. The Labute approximate surface area is 245 Å². The molecular weight excluding hydrogens is 515 g/mol. The van der Waals surface area contributed by atoms with Gasteiger partial charge in [-0.05, 0) is 73.4 Å². The number of esters is 1. The number of hydrogen-bond donors (Lipinski definition) is 0. The molecule has 1 atom stereocenters. The summed E-state index contributed by atoms with van der Waals surface area (Å²) in [6.07, 6.45) is 19.0. The van der Waals surface area contributed by atoms with Gasteiger partial charge in [-0.15, -0.1) is 0 Å². The minimum atomic E-state index is -0.984.